The lowest BCUT2D eigenvalue weighted by molar-refractivity contribution is 0.377. The molecule has 0 unspecified atom stereocenters. The number of aromatic amines is 1. The molecule has 0 bridgehead atoms. The number of halogens is 2. The highest BCUT2D eigenvalue weighted by molar-refractivity contribution is 6.30. The largest absolute Gasteiger partial charge is 0.495 e. The number of methoxy groups -OCH3 is 1. The fourth-order valence-corrected chi connectivity index (χ4v) is 1.73. The van der Waals surface area contributed by atoms with Crippen LogP contribution in [-0.2, 0) is 0 Å². The highest BCUT2D eigenvalue weighted by Gasteiger charge is 2.18. The number of H-pyrrole nitrogens is 1. The molecule has 0 saturated carbocycles. The predicted octanol–water partition coefficient (Wildman–Crippen LogP) is 1.03. The highest BCUT2D eigenvalue weighted by Crippen LogP contribution is 2.27. The molecule has 2 aromatic rings. The lowest BCUT2D eigenvalue weighted by atomic mass is 10.3. The first kappa shape index (κ1) is 13.2. The van der Waals surface area contributed by atoms with Crippen LogP contribution in [0.3, 0.4) is 0 Å². The average molecular weight is 287 g/mol. The van der Waals surface area contributed by atoms with E-state index in [0.29, 0.717) is 4.57 Å². The smallest absolute Gasteiger partial charge is 0.336 e. The summed E-state index contributed by atoms with van der Waals surface area (Å²) < 4.78 is 18.9. The topological polar surface area (TPSA) is 84.3 Å². The molecule has 0 aliphatic carbocycles. The van der Waals surface area contributed by atoms with E-state index in [0.717, 1.165) is 0 Å². The Kier molecular flexibility index (Phi) is 3.30. The van der Waals surface area contributed by atoms with Crippen LogP contribution in [-0.4, -0.2) is 21.8 Å². The molecule has 0 saturated heterocycles. The maximum atomic E-state index is 13.4. The fraction of sp³-hybridized carbons (Fsp3) is 0.0909. The number of rotatable bonds is 2. The molecule has 0 atom stereocenters. The number of hydrogen-bond donors (Lipinski definition) is 2. The first-order valence-electron chi connectivity index (χ1n) is 5.03. The summed E-state index contributed by atoms with van der Waals surface area (Å²) in [5, 5.41) is 9.84. The summed E-state index contributed by atoms with van der Waals surface area (Å²) in [6.07, 6.45) is 0. The van der Waals surface area contributed by atoms with Crippen molar-refractivity contribution in [2.24, 2.45) is 0 Å². The second-order valence-electron chi connectivity index (χ2n) is 3.55. The van der Waals surface area contributed by atoms with Crippen LogP contribution >= 0.6 is 11.6 Å². The minimum Gasteiger partial charge on any atom is -0.495 e. The number of nitrogens with one attached hydrogen (secondary N) is 1. The van der Waals surface area contributed by atoms with Crippen molar-refractivity contribution >= 4 is 11.6 Å². The van der Waals surface area contributed by atoms with Gasteiger partial charge in [0.05, 0.1) is 12.8 Å². The van der Waals surface area contributed by atoms with Gasteiger partial charge in [-0.15, -0.1) is 0 Å². The van der Waals surface area contributed by atoms with Crippen molar-refractivity contribution in [2.45, 2.75) is 0 Å². The van der Waals surface area contributed by atoms with Gasteiger partial charge in [0, 0.05) is 5.02 Å². The average Bonchev–Trinajstić information content (AvgIpc) is 2.36. The third-order valence-corrected chi connectivity index (χ3v) is 2.65. The van der Waals surface area contributed by atoms with Crippen molar-refractivity contribution in [1.29, 1.82) is 0 Å². The number of ether oxygens (including phenoxy) is 1. The van der Waals surface area contributed by atoms with E-state index in [4.69, 9.17) is 16.3 Å². The Hall–Kier alpha value is -2.28. The van der Waals surface area contributed by atoms with Crippen LogP contribution in [0.25, 0.3) is 5.69 Å². The summed E-state index contributed by atoms with van der Waals surface area (Å²) in [7, 11) is 1.33. The van der Waals surface area contributed by atoms with Crippen molar-refractivity contribution in [3.8, 4) is 17.3 Å². The molecule has 0 spiro atoms. The minimum atomic E-state index is -1.47. The summed E-state index contributed by atoms with van der Waals surface area (Å²) in [6, 6.07) is 4.22. The van der Waals surface area contributed by atoms with E-state index in [1.54, 1.807) is 4.98 Å². The van der Waals surface area contributed by atoms with Gasteiger partial charge >= 0.3 is 5.69 Å². The van der Waals surface area contributed by atoms with Crippen molar-refractivity contribution in [3.05, 3.63) is 49.9 Å². The van der Waals surface area contributed by atoms with Crippen LogP contribution in [0.2, 0.25) is 5.02 Å². The zero-order valence-electron chi connectivity index (χ0n) is 9.61. The summed E-state index contributed by atoms with van der Waals surface area (Å²) in [5.41, 5.74) is -2.31. The van der Waals surface area contributed by atoms with E-state index >= 15 is 0 Å². The molecule has 1 aromatic heterocycles. The molecular weight excluding hydrogens is 279 g/mol. The van der Waals surface area contributed by atoms with Crippen LogP contribution in [0.1, 0.15) is 0 Å². The zero-order valence-corrected chi connectivity index (χ0v) is 10.4. The van der Waals surface area contributed by atoms with Crippen LogP contribution in [0.15, 0.2) is 27.8 Å². The monoisotopic (exact) mass is 286 g/mol. The SMILES string of the molecule is COc1ccc(Cl)cc1-n1c(O)c(F)c(=O)[nH]c1=O. The molecular formula is C11H8ClFN2O4. The molecule has 100 valence electrons. The second-order valence-corrected chi connectivity index (χ2v) is 3.98. The highest BCUT2D eigenvalue weighted by atomic mass is 35.5. The maximum absolute atomic E-state index is 13.4. The molecule has 0 aliphatic heterocycles. The van der Waals surface area contributed by atoms with E-state index in [1.165, 1.54) is 25.3 Å². The van der Waals surface area contributed by atoms with Crippen LogP contribution < -0.4 is 16.0 Å². The Morgan fingerprint density at radius 3 is 2.74 bits per heavy atom. The molecule has 0 radical (unpaired) electrons. The van der Waals surface area contributed by atoms with Crippen molar-refractivity contribution in [2.75, 3.05) is 7.11 Å². The molecule has 19 heavy (non-hydrogen) atoms. The van der Waals surface area contributed by atoms with Gasteiger partial charge in [0.25, 0.3) is 5.56 Å². The standard InChI is InChI=1S/C11H8ClFN2O4/c1-19-7-3-2-5(12)4-6(7)15-10(17)8(13)9(16)14-11(15)18/h2-4,17H,1H3,(H,14,16,18). The zero-order chi connectivity index (χ0) is 14.2. The number of nitrogens with zero attached hydrogens (tertiary/aromatic N) is 1. The summed E-state index contributed by atoms with van der Waals surface area (Å²) >= 11 is 5.78. The number of aromatic hydroxyl groups is 1. The quantitative estimate of drug-likeness (QED) is 0.864. The van der Waals surface area contributed by atoms with Crippen molar-refractivity contribution in [3.63, 3.8) is 0 Å². The van der Waals surface area contributed by atoms with E-state index < -0.39 is 22.9 Å². The van der Waals surface area contributed by atoms with Gasteiger partial charge in [0.2, 0.25) is 11.7 Å². The van der Waals surface area contributed by atoms with Crippen molar-refractivity contribution in [1.82, 2.24) is 9.55 Å². The third kappa shape index (κ3) is 2.19. The van der Waals surface area contributed by atoms with Crippen LogP contribution in [0.5, 0.6) is 11.6 Å². The van der Waals surface area contributed by atoms with Gasteiger partial charge in [-0.1, -0.05) is 11.6 Å². The predicted molar refractivity (Wildman–Crippen MR) is 65.8 cm³/mol. The first-order chi connectivity index (χ1) is 8.95. The lowest BCUT2D eigenvalue weighted by Gasteiger charge is -2.12. The number of aromatic nitrogens is 2. The number of benzene rings is 1. The van der Waals surface area contributed by atoms with Gasteiger partial charge in [0.15, 0.2) is 0 Å². The third-order valence-electron chi connectivity index (χ3n) is 2.41. The second kappa shape index (κ2) is 4.77. The van der Waals surface area contributed by atoms with Gasteiger partial charge in [-0.05, 0) is 18.2 Å². The summed E-state index contributed by atoms with van der Waals surface area (Å²) in [5.74, 6) is -2.41. The first-order valence-corrected chi connectivity index (χ1v) is 5.41. The minimum absolute atomic E-state index is 0.00708. The van der Waals surface area contributed by atoms with E-state index in [1.807, 2.05) is 0 Å². The van der Waals surface area contributed by atoms with Gasteiger partial charge in [-0.3, -0.25) is 9.78 Å². The molecule has 0 amide bonds. The normalized spacial score (nSPS) is 10.5. The van der Waals surface area contributed by atoms with Gasteiger partial charge in [0.1, 0.15) is 5.75 Å². The lowest BCUT2D eigenvalue weighted by Crippen LogP contribution is -2.31. The van der Waals surface area contributed by atoms with Crippen molar-refractivity contribution < 1.29 is 14.2 Å². The van der Waals surface area contributed by atoms with Gasteiger partial charge in [-0.2, -0.15) is 4.39 Å². The Bertz CT molecular complexity index is 753. The Balaban J connectivity index is 2.87. The van der Waals surface area contributed by atoms with Crippen LogP contribution in [0.4, 0.5) is 4.39 Å². The molecule has 2 rings (SSSR count). The Morgan fingerprint density at radius 2 is 2.11 bits per heavy atom. The van der Waals surface area contributed by atoms with Crippen LogP contribution in [0, 0.1) is 5.82 Å². The summed E-state index contributed by atoms with van der Waals surface area (Å²) in [4.78, 5) is 24.4. The molecule has 0 fully saturated rings. The Labute approximate surface area is 110 Å². The molecule has 6 nitrogen and oxygen atoms in total. The van der Waals surface area contributed by atoms with E-state index in [9.17, 15) is 19.1 Å². The molecule has 1 heterocycles. The molecule has 0 aliphatic rings. The number of hydrogen-bond acceptors (Lipinski definition) is 4. The Morgan fingerprint density at radius 1 is 1.42 bits per heavy atom. The molecule has 8 heteroatoms. The van der Waals surface area contributed by atoms with Gasteiger partial charge < -0.3 is 9.84 Å². The molecule has 1 aromatic carbocycles. The fourth-order valence-electron chi connectivity index (χ4n) is 1.57. The maximum Gasteiger partial charge on any atom is 0.336 e. The van der Waals surface area contributed by atoms with E-state index in [-0.39, 0.29) is 16.5 Å². The van der Waals surface area contributed by atoms with Gasteiger partial charge in [-0.25, -0.2) is 9.36 Å². The molecule has 2 N–H and O–H groups in total. The summed E-state index contributed by atoms with van der Waals surface area (Å²) in [6.45, 7) is 0. The van der Waals surface area contributed by atoms with E-state index in [2.05, 4.69) is 0 Å².